The molecular weight excluding hydrogens is 176 g/mol. The van der Waals surface area contributed by atoms with Crippen molar-refractivity contribution in [3.63, 3.8) is 0 Å². The average molecular weight is 188 g/mol. The van der Waals surface area contributed by atoms with Crippen LogP contribution in [0.25, 0.3) is 11.1 Å². The molecule has 0 aliphatic rings. The molecule has 2 heteroatoms. The lowest BCUT2D eigenvalue weighted by atomic mass is 10.1. The van der Waals surface area contributed by atoms with Gasteiger partial charge in [-0.15, -0.1) is 0 Å². The van der Waals surface area contributed by atoms with Gasteiger partial charge in [-0.2, -0.15) is 0 Å². The maximum atomic E-state index is 9.10. The zero-order valence-electron chi connectivity index (χ0n) is 7.64. The fourth-order valence-corrected chi connectivity index (χ4v) is 1.28. The highest BCUT2D eigenvalue weighted by atomic mass is 16.3. The van der Waals surface area contributed by atoms with Crippen LogP contribution >= 0.6 is 0 Å². The Bertz CT molecular complexity index is 379. The molecule has 0 fully saturated rings. The number of rotatable bonds is 1. The molecule has 0 aromatic heterocycles. The Morgan fingerprint density at radius 1 is 0.643 bits per heavy atom. The van der Waals surface area contributed by atoms with Crippen LogP contribution in [0.4, 0.5) is 0 Å². The molecule has 2 aromatic carbocycles. The molecule has 0 aliphatic carbocycles. The van der Waals surface area contributed by atoms with E-state index in [1.54, 1.807) is 12.1 Å². The summed E-state index contributed by atoms with van der Waals surface area (Å²) >= 11 is 0. The Balaban J connectivity index is 0.000000980. The van der Waals surface area contributed by atoms with Crippen molar-refractivity contribution in [2.45, 2.75) is 0 Å². The van der Waals surface area contributed by atoms with E-state index in [9.17, 15) is 0 Å². The van der Waals surface area contributed by atoms with Crippen LogP contribution in [-0.2, 0) is 0 Å². The number of hydrogen-bond donors (Lipinski definition) is 1. The molecule has 72 valence electrons. The molecule has 0 amide bonds. The van der Waals surface area contributed by atoms with E-state index in [0.717, 1.165) is 5.56 Å². The molecule has 2 aromatic rings. The number of phenols is 1. The molecule has 3 N–H and O–H groups in total. The van der Waals surface area contributed by atoms with Gasteiger partial charge < -0.3 is 10.6 Å². The van der Waals surface area contributed by atoms with Gasteiger partial charge in [0.15, 0.2) is 0 Å². The number of hydrogen-bond acceptors (Lipinski definition) is 1. The predicted octanol–water partition coefficient (Wildman–Crippen LogP) is 2.23. The van der Waals surface area contributed by atoms with Crippen LogP contribution in [0, 0.1) is 0 Å². The SMILES string of the molecule is O.Oc1ccc(-c2ccccc2)cc1. The second-order valence-corrected chi connectivity index (χ2v) is 2.91. The van der Waals surface area contributed by atoms with Crippen molar-refractivity contribution >= 4 is 0 Å². The molecule has 2 nitrogen and oxygen atoms in total. The molecule has 0 heterocycles. The van der Waals surface area contributed by atoms with Crippen molar-refractivity contribution in [1.82, 2.24) is 0 Å². The number of aromatic hydroxyl groups is 1. The molecule has 2 rings (SSSR count). The van der Waals surface area contributed by atoms with E-state index >= 15 is 0 Å². The van der Waals surface area contributed by atoms with E-state index in [1.165, 1.54) is 5.56 Å². The van der Waals surface area contributed by atoms with Crippen molar-refractivity contribution < 1.29 is 10.6 Å². The lowest BCUT2D eigenvalue weighted by molar-refractivity contribution is 0.475. The minimum absolute atomic E-state index is 0. The van der Waals surface area contributed by atoms with E-state index in [4.69, 9.17) is 5.11 Å². The van der Waals surface area contributed by atoms with Gasteiger partial charge in [-0.3, -0.25) is 0 Å². The van der Waals surface area contributed by atoms with Gasteiger partial charge in [0.05, 0.1) is 0 Å². The van der Waals surface area contributed by atoms with E-state index in [1.807, 2.05) is 42.5 Å². The molecular formula is C12H12O2. The van der Waals surface area contributed by atoms with E-state index < -0.39 is 0 Å². The van der Waals surface area contributed by atoms with Crippen LogP contribution in [0.15, 0.2) is 54.6 Å². The van der Waals surface area contributed by atoms with Gasteiger partial charge in [-0.25, -0.2) is 0 Å². The fraction of sp³-hybridized carbons (Fsp3) is 0. The van der Waals surface area contributed by atoms with Crippen molar-refractivity contribution in [1.29, 1.82) is 0 Å². The highest BCUT2D eigenvalue weighted by molar-refractivity contribution is 5.63. The molecule has 0 unspecified atom stereocenters. The van der Waals surface area contributed by atoms with Crippen molar-refractivity contribution in [3.05, 3.63) is 54.6 Å². The Morgan fingerprint density at radius 2 is 1.14 bits per heavy atom. The molecule has 0 saturated carbocycles. The van der Waals surface area contributed by atoms with Crippen LogP contribution in [0.3, 0.4) is 0 Å². The molecule has 0 aliphatic heterocycles. The molecule has 0 saturated heterocycles. The third-order valence-corrected chi connectivity index (χ3v) is 1.97. The summed E-state index contributed by atoms with van der Waals surface area (Å²) in [6.45, 7) is 0. The lowest BCUT2D eigenvalue weighted by Crippen LogP contribution is -1.74. The van der Waals surface area contributed by atoms with E-state index in [0.29, 0.717) is 5.75 Å². The van der Waals surface area contributed by atoms with Gasteiger partial charge >= 0.3 is 0 Å². The molecule has 0 bridgehead atoms. The second-order valence-electron chi connectivity index (χ2n) is 2.91. The van der Waals surface area contributed by atoms with Gasteiger partial charge in [0.2, 0.25) is 0 Å². The van der Waals surface area contributed by atoms with Crippen molar-refractivity contribution in [2.24, 2.45) is 0 Å². The highest BCUT2D eigenvalue weighted by Crippen LogP contribution is 2.20. The van der Waals surface area contributed by atoms with Crippen LogP contribution in [0.2, 0.25) is 0 Å². The largest absolute Gasteiger partial charge is 0.508 e. The van der Waals surface area contributed by atoms with Gasteiger partial charge in [-0.05, 0) is 23.3 Å². The van der Waals surface area contributed by atoms with Crippen LogP contribution in [-0.4, -0.2) is 10.6 Å². The summed E-state index contributed by atoms with van der Waals surface area (Å²) in [5.41, 5.74) is 2.29. The van der Waals surface area contributed by atoms with Crippen molar-refractivity contribution in [3.8, 4) is 16.9 Å². The first-order valence-electron chi connectivity index (χ1n) is 4.21. The third-order valence-electron chi connectivity index (χ3n) is 1.97. The van der Waals surface area contributed by atoms with Crippen LogP contribution < -0.4 is 0 Å². The minimum atomic E-state index is 0. The summed E-state index contributed by atoms with van der Waals surface area (Å²) in [6, 6.07) is 17.3. The number of phenolic OH excluding ortho intramolecular Hbond substituents is 1. The first kappa shape index (κ1) is 10.3. The summed E-state index contributed by atoms with van der Waals surface area (Å²) in [4.78, 5) is 0. The van der Waals surface area contributed by atoms with Crippen LogP contribution in [0.1, 0.15) is 0 Å². The van der Waals surface area contributed by atoms with Gasteiger partial charge in [0.1, 0.15) is 5.75 Å². The third kappa shape index (κ3) is 2.12. The van der Waals surface area contributed by atoms with E-state index in [2.05, 4.69) is 0 Å². The smallest absolute Gasteiger partial charge is 0.115 e. The molecule has 0 radical (unpaired) electrons. The van der Waals surface area contributed by atoms with Gasteiger partial charge in [0.25, 0.3) is 0 Å². The lowest BCUT2D eigenvalue weighted by Gasteiger charge is -2.00. The molecule has 0 spiro atoms. The normalized spacial score (nSPS) is 9.14. The zero-order valence-corrected chi connectivity index (χ0v) is 7.64. The first-order valence-corrected chi connectivity index (χ1v) is 4.21. The first-order chi connectivity index (χ1) is 6.36. The van der Waals surface area contributed by atoms with Crippen LogP contribution in [0.5, 0.6) is 5.75 Å². The topological polar surface area (TPSA) is 51.7 Å². The summed E-state index contributed by atoms with van der Waals surface area (Å²) in [5.74, 6) is 0.305. The standard InChI is InChI=1S/C12H10O.H2O/c13-12-8-6-11(7-9-12)10-4-2-1-3-5-10;/h1-9,13H;1H2. The Labute approximate surface area is 82.8 Å². The van der Waals surface area contributed by atoms with Gasteiger partial charge in [0, 0.05) is 0 Å². The van der Waals surface area contributed by atoms with E-state index in [-0.39, 0.29) is 5.48 Å². The monoisotopic (exact) mass is 188 g/mol. The highest BCUT2D eigenvalue weighted by Gasteiger charge is 1.94. The summed E-state index contributed by atoms with van der Waals surface area (Å²) < 4.78 is 0. The fourth-order valence-electron chi connectivity index (χ4n) is 1.28. The second kappa shape index (κ2) is 4.44. The average Bonchev–Trinajstić information content (AvgIpc) is 2.20. The maximum absolute atomic E-state index is 9.10. The Morgan fingerprint density at radius 3 is 1.71 bits per heavy atom. The number of benzene rings is 2. The Hall–Kier alpha value is -1.80. The summed E-state index contributed by atoms with van der Waals surface area (Å²) in [7, 11) is 0. The van der Waals surface area contributed by atoms with Crippen molar-refractivity contribution in [2.75, 3.05) is 0 Å². The minimum Gasteiger partial charge on any atom is -0.508 e. The Kier molecular flexibility index (Phi) is 3.26. The summed E-state index contributed by atoms with van der Waals surface area (Å²) in [5, 5.41) is 9.10. The predicted molar refractivity (Wildman–Crippen MR) is 57.2 cm³/mol. The quantitative estimate of drug-likeness (QED) is 0.733. The zero-order chi connectivity index (χ0) is 9.10. The van der Waals surface area contributed by atoms with Gasteiger partial charge in [-0.1, -0.05) is 42.5 Å². The molecule has 0 atom stereocenters. The summed E-state index contributed by atoms with van der Waals surface area (Å²) in [6.07, 6.45) is 0. The molecule has 14 heavy (non-hydrogen) atoms. The maximum Gasteiger partial charge on any atom is 0.115 e.